The summed E-state index contributed by atoms with van der Waals surface area (Å²) in [5.41, 5.74) is 0.603. The molecule has 0 unspecified atom stereocenters. The zero-order valence-electron chi connectivity index (χ0n) is 19.2. The number of benzene rings is 1. The molecule has 2 fully saturated rings. The molecular weight excluding hydrogens is 410 g/mol. The standard InChI is InChI=1S/C21H29F2N3.C4H5NO/c1-21(22,23)19-8-5-9-20(18(19)16-24)26-14-12-25(13-15-26)11-10-17-6-3-2-4-7-17;1-4(6)2-3-5/h5,8-9,17H,2-4,6-7,10-15H2,1H3;2H2,1H3. The first-order valence-corrected chi connectivity index (χ1v) is 11.5. The van der Waals surface area contributed by atoms with Gasteiger partial charge in [-0.05, 0) is 31.9 Å². The number of Topliss-reactive ketones (excluding diaryl/α,β-unsaturated/α-hetero) is 1. The van der Waals surface area contributed by atoms with E-state index in [0.717, 1.165) is 45.6 Å². The van der Waals surface area contributed by atoms with Crippen LogP contribution in [-0.2, 0) is 10.7 Å². The fraction of sp³-hybridized carbons (Fsp3) is 0.640. The minimum Gasteiger partial charge on any atom is -0.368 e. The number of nitriles is 2. The van der Waals surface area contributed by atoms with E-state index in [1.165, 1.54) is 51.5 Å². The Morgan fingerprint density at radius 2 is 1.78 bits per heavy atom. The van der Waals surface area contributed by atoms with Gasteiger partial charge in [0.15, 0.2) is 0 Å². The Morgan fingerprint density at radius 3 is 2.28 bits per heavy atom. The number of rotatable bonds is 6. The van der Waals surface area contributed by atoms with Crippen LogP contribution in [0.2, 0.25) is 0 Å². The van der Waals surface area contributed by atoms with Crippen molar-refractivity contribution in [2.75, 3.05) is 37.6 Å². The number of alkyl halides is 2. The molecule has 7 heteroatoms. The van der Waals surface area contributed by atoms with E-state index in [-0.39, 0.29) is 23.3 Å². The maximum Gasteiger partial charge on any atom is 0.271 e. The minimum atomic E-state index is -3.00. The molecule has 5 nitrogen and oxygen atoms in total. The van der Waals surface area contributed by atoms with Gasteiger partial charge in [-0.2, -0.15) is 10.5 Å². The molecule has 1 heterocycles. The summed E-state index contributed by atoms with van der Waals surface area (Å²) in [6.07, 6.45) is 8.24. The van der Waals surface area contributed by atoms with E-state index in [2.05, 4.69) is 9.80 Å². The van der Waals surface area contributed by atoms with Crippen molar-refractivity contribution in [3.63, 3.8) is 0 Å². The molecule has 0 radical (unpaired) electrons. The first-order valence-electron chi connectivity index (χ1n) is 11.5. The molecule has 0 bridgehead atoms. The molecule has 1 saturated carbocycles. The second kappa shape index (κ2) is 12.5. The van der Waals surface area contributed by atoms with Gasteiger partial charge in [0, 0.05) is 38.7 Å². The van der Waals surface area contributed by atoms with Crippen LogP contribution in [-0.4, -0.2) is 43.4 Å². The van der Waals surface area contributed by atoms with Gasteiger partial charge < -0.3 is 4.90 Å². The van der Waals surface area contributed by atoms with Crippen molar-refractivity contribution in [1.82, 2.24) is 4.90 Å². The molecule has 1 saturated heterocycles. The van der Waals surface area contributed by atoms with Gasteiger partial charge in [-0.15, -0.1) is 0 Å². The zero-order chi connectivity index (χ0) is 23.6. The summed E-state index contributed by atoms with van der Waals surface area (Å²) in [4.78, 5) is 14.4. The van der Waals surface area contributed by atoms with Crippen molar-refractivity contribution in [2.24, 2.45) is 5.92 Å². The Bertz CT molecular complexity index is 824. The van der Waals surface area contributed by atoms with Crippen LogP contribution in [0.25, 0.3) is 0 Å². The summed E-state index contributed by atoms with van der Waals surface area (Å²) in [7, 11) is 0. The van der Waals surface area contributed by atoms with Gasteiger partial charge in [-0.3, -0.25) is 9.69 Å². The maximum absolute atomic E-state index is 13.8. The van der Waals surface area contributed by atoms with Crippen molar-refractivity contribution in [2.45, 2.75) is 64.7 Å². The van der Waals surface area contributed by atoms with Crippen molar-refractivity contribution in [3.05, 3.63) is 29.3 Å². The summed E-state index contributed by atoms with van der Waals surface area (Å²) in [6, 6.07) is 8.53. The van der Waals surface area contributed by atoms with Crippen LogP contribution in [0.4, 0.5) is 14.5 Å². The molecular formula is C25H34F2N4O. The minimum absolute atomic E-state index is 0.0417. The Hall–Kier alpha value is -2.51. The Morgan fingerprint density at radius 1 is 1.12 bits per heavy atom. The van der Waals surface area contributed by atoms with Crippen molar-refractivity contribution in [3.8, 4) is 12.1 Å². The third-order valence-electron chi connectivity index (χ3n) is 6.25. The second-order valence-corrected chi connectivity index (χ2v) is 8.86. The maximum atomic E-state index is 13.8. The highest BCUT2D eigenvalue weighted by Gasteiger charge is 2.30. The van der Waals surface area contributed by atoms with Crippen LogP contribution < -0.4 is 4.90 Å². The van der Waals surface area contributed by atoms with Crippen LogP contribution in [0.1, 0.15) is 69.9 Å². The average Bonchev–Trinajstić information content (AvgIpc) is 2.78. The fourth-order valence-corrected chi connectivity index (χ4v) is 4.45. The summed E-state index contributed by atoms with van der Waals surface area (Å²) in [5, 5.41) is 17.2. The second-order valence-electron chi connectivity index (χ2n) is 8.86. The normalized spacial score (nSPS) is 17.6. The third-order valence-corrected chi connectivity index (χ3v) is 6.25. The predicted octanol–water partition coefficient (Wildman–Crippen LogP) is 5.25. The first kappa shape index (κ1) is 25.7. The van der Waals surface area contributed by atoms with Gasteiger partial charge in [0.2, 0.25) is 0 Å². The Kier molecular flexibility index (Phi) is 10.1. The number of carbonyl (C=O) groups excluding carboxylic acids is 1. The summed E-state index contributed by atoms with van der Waals surface area (Å²) in [5.74, 6) is -2.18. The highest BCUT2D eigenvalue weighted by atomic mass is 19.3. The Labute approximate surface area is 190 Å². The molecule has 1 aromatic carbocycles. The molecule has 0 aromatic heterocycles. The van der Waals surface area contributed by atoms with Crippen molar-refractivity contribution < 1.29 is 13.6 Å². The van der Waals surface area contributed by atoms with Crippen molar-refractivity contribution >= 4 is 11.5 Å². The lowest BCUT2D eigenvalue weighted by atomic mass is 9.87. The lowest BCUT2D eigenvalue weighted by molar-refractivity contribution is -0.116. The van der Waals surface area contributed by atoms with E-state index in [0.29, 0.717) is 5.69 Å². The topological polar surface area (TPSA) is 71.1 Å². The summed E-state index contributed by atoms with van der Waals surface area (Å²) < 4.78 is 27.6. The molecule has 0 N–H and O–H groups in total. The van der Waals surface area contributed by atoms with E-state index >= 15 is 0 Å². The fourth-order valence-electron chi connectivity index (χ4n) is 4.45. The highest BCUT2D eigenvalue weighted by Crippen LogP contribution is 2.35. The molecule has 0 amide bonds. The molecule has 0 atom stereocenters. The van der Waals surface area contributed by atoms with Gasteiger partial charge in [0.25, 0.3) is 5.92 Å². The largest absolute Gasteiger partial charge is 0.368 e. The van der Waals surface area contributed by atoms with E-state index in [4.69, 9.17) is 5.26 Å². The summed E-state index contributed by atoms with van der Waals surface area (Å²) >= 11 is 0. The van der Waals surface area contributed by atoms with E-state index in [1.54, 1.807) is 18.2 Å². The molecule has 1 aromatic rings. The number of ketones is 1. The average molecular weight is 445 g/mol. The zero-order valence-corrected chi connectivity index (χ0v) is 19.2. The Balaban J connectivity index is 0.000000534. The van der Waals surface area contributed by atoms with Crippen LogP contribution in [0.5, 0.6) is 0 Å². The molecule has 32 heavy (non-hydrogen) atoms. The molecule has 2 aliphatic rings. The van der Waals surface area contributed by atoms with Crippen molar-refractivity contribution in [1.29, 1.82) is 10.5 Å². The van der Waals surface area contributed by atoms with Crippen LogP contribution in [0.3, 0.4) is 0 Å². The number of hydrogen-bond acceptors (Lipinski definition) is 5. The number of carbonyl (C=O) groups is 1. The van der Waals surface area contributed by atoms with Gasteiger partial charge in [0.1, 0.15) is 11.9 Å². The van der Waals surface area contributed by atoms with E-state index in [9.17, 15) is 18.8 Å². The number of hydrogen-bond donors (Lipinski definition) is 0. The van der Waals surface area contributed by atoms with Gasteiger partial charge in [-0.1, -0.05) is 44.2 Å². The SMILES string of the molecule is CC(=O)CC#N.CC(F)(F)c1cccc(N2CCN(CCC3CCCCC3)CC2)c1C#N. The molecule has 3 rings (SSSR count). The molecule has 174 valence electrons. The highest BCUT2D eigenvalue weighted by molar-refractivity contribution is 5.77. The quantitative estimate of drug-likeness (QED) is 0.599. The number of halogens is 2. The van der Waals surface area contributed by atoms with Gasteiger partial charge in [0.05, 0.1) is 23.7 Å². The summed E-state index contributed by atoms with van der Waals surface area (Å²) in [6.45, 7) is 6.83. The molecule has 0 spiro atoms. The van der Waals surface area contributed by atoms with E-state index in [1.807, 2.05) is 6.07 Å². The third kappa shape index (κ3) is 7.88. The molecule has 1 aliphatic heterocycles. The lowest BCUT2D eigenvalue weighted by Crippen LogP contribution is -2.47. The predicted molar refractivity (Wildman–Crippen MR) is 121 cm³/mol. The van der Waals surface area contributed by atoms with Gasteiger partial charge >= 0.3 is 0 Å². The van der Waals surface area contributed by atoms with Crippen LogP contribution >= 0.6 is 0 Å². The number of anilines is 1. The van der Waals surface area contributed by atoms with Crippen LogP contribution in [0, 0.1) is 28.6 Å². The van der Waals surface area contributed by atoms with E-state index < -0.39 is 5.92 Å². The lowest BCUT2D eigenvalue weighted by Gasteiger charge is -2.37. The first-order chi connectivity index (χ1) is 15.3. The smallest absolute Gasteiger partial charge is 0.271 e. The number of piperazine rings is 1. The van der Waals surface area contributed by atoms with Crippen LogP contribution in [0.15, 0.2) is 18.2 Å². The van der Waals surface area contributed by atoms with Gasteiger partial charge in [-0.25, -0.2) is 8.78 Å². The number of nitrogens with zero attached hydrogens (tertiary/aromatic N) is 4. The monoisotopic (exact) mass is 444 g/mol. The molecule has 1 aliphatic carbocycles.